The van der Waals surface area contributed by atoms with E-state index in [-0.39, 0.29) is 22.8 Å². The molecule has 0 fully saturated rings. The van der Waals surface area contributed by atoms with Gasteiger partial charge in [0, 0.05) is 29.1 Å². The maximum atomic E-state index is 12.6. The Labute approximate surface area is 157 Å². The van der Waals surface area contributed by atoms with E-state index >= 15 is 0 Å². The maximum Gasteiger partial charge on any atom is 0.348 e. The van der Waals surface area contributed by atoms with E-state index in [2.05, 4.69) is 25.8 Å². The van der Waals surface area contributed by atoms with E-state index in [4.69, 9.17) is 0 Å². The van der Waals surface area contributed by atoms with Crippen LogP contribution in [0.3, 0.4) is 0 Å². The zero-order chi connectivity index (χ0) is 19.9. The summed E-state index contributed by atoms with van der Waals surface area (Å²) in [6, 6.07) is 12.3. The summed E-state index contributed by atoms with van der Waals surface area (Å²) in [5, 5.41) is 11.8. The minimum Gasteiger partial charge on any atom is -0.289 e. The number of benzene rings is 2. The molecule has 0 saturated carbocycles. The molecule has 2 aromatic carbocycles. The fourth-order valence-corrected chi connectivity index (χ4v) is 3.20. The Balaban J connectivity index is 2.32. The minimum absolute atomic E-state index is 0.00780. The molecule has 0 spiro atoms. The number of aromatic nitrogens is 2. The number of hydrogen-bond donors (Lipinski definition) is 0. The van der Waals surface area contributed by atoms with E-state index in [0.29, 0.717) is 16.6 Å². The first-order chi connectivity index (χ1) is 12.6. The SMILES string of the molecule is CC(C)n1c(=O)nc(-c2ccc(C(C)(C)C)cc2)c2cc([N+](=O)[O-])ccc21. The lowest BCUT2D eigenvalue weighted by Crippen LogP contribution is -2.25. The molecule has 1 aromatic heterocycles. The van der Waals surface area contributed by atoms with Crippen molar-refractivity contribution in [3.05, 3.63) is 68.6 Å². The Kier molecular flexibility index (Phi) is 4.59. The number of non-ortho nitro benzene ring substituents is 1. The van der Waals surface area contributed by atoms with Crippen molar-refractivity contribution in [2.24, 2.45) is 0 Å². The summed E-state index contributed by atoms with van der Waals surface area (Å²) in [6.07, 6.45) is 0. The molecule has 0 atom stereocenters. The Morgan fingerprint density at radius 2 is 1.70 bits per heavy atom. The minimum atomic E-state index is -0.434. The van der Waals surface area contributed by atoms with Gasteiger partial charge in [-0.2, -0.15) is 4.98 Å². The summed E-state index contributed by atoms with van der Waals surface area (Å²) in [4.78, 5) is 27.7. The smallest absolute Gasteiger partial charge is 0.289 e. The number of rotatable bonds is 3. The van der Waals surface area contributed by atoms with E-state index in [9.17, 15) is 14.9 Å². The molecule has 1 heterocycles. The van der Waals surface area contributed by atoms with E-state index in [1.165, 1.54) is 12.1 Å². The van der Waals surface area contributed by atoms with Gasteiger partial charge in [0.05, 0.1) is 16.1 Å². The van der Waals surface area contributed by atoms with Crippen LogP contribution in [0.1, 0.15) is 46.2 Å². The Bertz CT molecular complexity index is 1070. The molecule has 140 valence electrons. The molecule has 0 saturated heterocycles. The highest BCUT2D eigenvalue weighted by molar-refractivity contribution is 5.94. The number of nitrogens with zero attached hydrogens (tertiary/aromatic N) is 3. The predicted octanol–water partition coefficient (Wildman–Crippen LogP) is 4.85. The van der Waals surface area contributed by atoms with Gasteiger partial charge in [-0.05, 0) is 30.9 Å². The van der Waals surface area contributed by atoms with Gasteiger partial charge >= 0.3 is 5.69 Å². The van der Waals surface area contributed by atoms with Crippen LogP contribution in [0.4, 0.5) is 5.69 Å². The van der Waals surface area contributed by atoms with Crippen molar-refractivity contribution in [3.63, 3.8) is 0 Å². The molecular weight excluding hydrogens is 342 g/mol. The summed E-state index contributed by atoms with van der Waals surface area (Å²) < 4.78 is 1.56. The first-order valence-electron chi connectivity index (χ1n) is 8.91. The lowest BCUT2D eigenvalue weighted by Gasteiger charge is -2.19. The summed E-state index contributed by atoms with van der Waals surface area (Å²) >= 11 is 0. The zero-order valence-electron chi connectivity index (χ0n) is 16.2. The molecule has 0 amide bonds. The van der Waals surface area contributed by atoms with Crippen molar-refractivity contribution in [1.29, 1.82) is 0 Å². The average molecular weight is 365 g/mol. The molecule has 0 N–H and O–H groups in total. The van der Waals surface area contributed by atoms with Crippen molar-refractivity contribution < 1.29 is 4.92 Å². The van der Waals surface area contributed by atoms with Crippen LogP contribution in [-0.2, 0) is 5.41 Å². The molecule has 27 heavy (non-hydrogen) atoms. The number of nitro groups is 1. The predicted molar refractivity (Wildman–Crippen MR) is 107 cm³/mol. The van der Waals surface area contributed by atoms with Crippen molar-refractivity contribution in [1.82, 2.24) is 9.55 Å². The second-order valence-corrected chi connectivity index (χ2v) is 7.99. The molecular formula is C21H23N3O3. The van der Waals surface area contributed by atoms with Crippen molar-refractivity contribution in [2.75, 3.05) is 0 Å². The normalized spacial score (nSPS) is 11.9. The Morgan fingerprint density at radius 1 is 1.07 bits per heavy atom. The van der Waals surface area contributed by atoms with Gasteiger partial charge in [0.2, 0.25) is 0 Å². The van der Waals surface area contributed by atoms with Crippen LogP contribution < -0.4 is 5.69 Å². The third kappa shape index (κ3) is 3.47. The monoisotopic (exact) mass is 365 g/mol. The van der Waals surface area contributed by atoms with Gasteiger partial charge in [-0.3, -0.25) is 14.7 Å². The lowest BCUT2D eigenvalue weighted by molar-refractivity contribution is -0.384. The summed E-state index contributed by atoms with van der Waals surface area (Å²) in [7, 11) is 0. The molecule has 3 aromatic rings. The van der Waals surface area contributed by atoms with E-state index in [1.54, 1.807) is 10.6 Å². The van der Waals surface area contributed by atoms with Crippen LogP contribution in [0.25, 0.3) is 22.2 Å². The number of fused-ring (bicyclic) bond motifs is 1. The number of nitro benzene ring substituents is 1. The third-order valence-corrected chi connectivity index (χ3v) is 4.66. The Morgan fingerprint density at radius 3 is 2.22 bits per heavy atom. The van der Waals surface area contributed by atoms with Gasteiger partial charge in [0.25, 0.3) is 5.69 Å². The van der Waals surface area contributed by atoms with Gasteiger partial charge in [-0.15, -0.1) is 0 Å². The largest absolute Gasteiger partial charge is 0.348 e. The zero-order valence-corrected chi connectivity index (χ0v) is 16.2. The molecule has 6 heteroatoms. The van der Waals surface area contributed by atoms with Gasteiger partial charge in [0.15, 0.2) is 0 Å². The number of hydrogen-bond acceptors (Lipinski definition) is 4. The van der Waals surface area contributed by atoms with Crippen LogP contribution >= 0.6 is 0 Å². The van der Waals surface area contributed by atoms with Gasteiger partial charge in [-0.1, -0.05) is 45.0 Å². The maximum absolute atomic E-state index is 12.6. The molecule has 0 aliphatic carbocycles. The highest BCUT2D eigenvalue weighted by Gasteiger charge is 2.18. The molecule has 0 bridgehead atoms. The summed E-state index contributed by atoms with van der Waals surface area (Å²) in [5.74, 6) is 0. The van der Waals surface area contributed by atoms with Crippen molar-refractivity contribution in [3.8, 4) is 11.3 Å². The van der Waals surface area contributed by atoms with Crippen LogP contribution in [-0.4, -0.2) is 14.5 Å². The molecule has 0 unspecified atom stereocenters. The molecule has 0 aliphatic rings. The van der Waals surface area contributed by atoms with Crippen molar-refractivity contribution >= 4 is 16.6 Å². The standard InChI is InChI=1S/C21H23N3O3/c1-13(2)23-18-11-10-16(24(26)27)12-17(18)19(22-20(23)25)14-6-8-15(9-7-14)21(3,4)5/h6-13H,1-5H3. The Hall–Kier alpha value is -3.02. The van der Waals surface area contributed by atoms with Gasteiger partial charge in [-0.25, -0.2) is 4.79 Å². The second kappa shape index (κ2) is 6.61. The molecule has 6 nitrogen and oxygen atoms in total. The topological polar surface area (TPSA) is 78.0 Å². The summed E-state index contributed by atoms with van der Waals surface area (Å²) in [6.45, 7) is 10.2. The van der Waals surface area contributed by atoms with Crippen LogP contribution in [0.5, 0.6) is 0 Å². The fourth-order valence-electron chi connectivity index (χ4n) is 3.20. The van der Waals surface area contributed by atoms with Crippen LogP contribution in [0.2, 0.25) is 0 Å². The van der Waals surface area contributed by atoms with E-state index in [0.717, 1.165) is 11.1 Å². The average Bonchev–Trinajstić information content (AvgIpc) is 2.59. The van der Waals surface area contributed by atoms with Crippen LogP contribution in [0.15, 0.2) is 47.3 Å². The highest BCUT2D eigenvalue weighted by atomic mass is 16.6. The summed E-state index contributed by atoms with van der Waals surface area (Å²) in [5.41, 5.74) is 2.67. The third-order valence-electron chi connectivity index (χ3n) is 4.66. The van der Waals surface area contributed by atoms with E-state index < -0.39 is 4.92 Å². The molecule has 0 aliphatic heterocycles. The molecule has 3 rings (SSSR count). The fraction of sp³-hybridized carbons (Fsp3) is 0.333. The van der Waals surface area contributed by atoms with Gasteiger partial charge < -0.3 is 0 Å². The quantitative estimate of drug-likeness (QED) is 0.491. The molecule has 0 radical (unpaired) electrons. The second-order valence-electron chi connectivity index (χ2n) is 7.99. The lowest BCUT2D eigenvalue weighted by atomic mass is 9.86. The highest BCUT2D eigenvalue weighted by Crippen LogP contribution is 2.31. The van der Waals surface area contributed by atoms with Crippen molar-refractivity contribution in [2.45, 2.75) is 46.1 Å². The first kappa shape index (κ1) is 18.8. The van der Waals surface area contributed by atoms with E-state index in [1.807, 2.05) is 38.1 Å². The first-order valence-corrected chi connectivity index (χ1v) is 8.91. The van der Waals surface area contributed by atoms with Crippen LogP contribution in [0, 0.1) is 10.1 Å². The van der Waals surface area contributed by atoms with Gasteiger partial charge in [0.1, 0.15) is 0 Å².